The molecule has 0 atom stereocenters. The number of aromatic nitrogens is 2. The fourth-order valence-corrected chi connectivity index (χ4v) is 3.13. The Bertz CT molecular complexity index is 983. The van der Waals surface area contributed by atoms with Gasteiger partial charge in [-0.2, -0.15) is 0 Å². The molecular formula is C17H13FN2. The monoisotopic (exact) mass is 264 g/mol. The van der Waals surface area contributed by atoms with Crippen molar-refractivity contribution in [1.29, 1.82) is 0 Å². The number of aromatic amines is 1. The highest BCUT2D eigenvalue weighted by Gasteiger charge is 2.13. The largest absolute Gasteiger partial charge is 0.354 e. The molecule has 0 amide bonds. The van der Waals surface area contributed by atoms with Gasteiger partial charge in [0.1, 0.15) is 5.82 Å². The summed E-state index contributed by atoms with van der Waals surface area (Å²) < 4.78 is 13.4. The molecule has 0 unspecified atom stereocenters. The first-order valence-electron chi connectivity index (χ1n) is 6.60. The van der Waals surface area contributed by atoms with Crippen molar-refractivity contribution in [3.63, 3.8) is 0 Å². The topological polar surface area (TPSA) is 28.7 Å². The minimum Gasteiger partial charge on any atom is -0.354 e. The minimum atomic E-state index is -0.217. The van der Waals surface area contributed by atoms with E-state index in [1.807, 2.05) is 24.5 Å². The Hall–Kier alpha value is -2.42. The Kier molecular flexibility index (Phi) is 2.16. The fraction of sp³-hybridized carbons (Fsp3) is 0.118. The van der Waals surface area contributed by atoms with Crippen LogP contribution >= 0.6 is 0 Å². The van der Waals surface area contributed by atoms with E-state index < -0.39 is 0 Å². The molecule has 2 heterocycles. The summed E-state index contributed by atoms with van der Waals surface area (Å²) in [5.41, 5.74) is 4.29. The standard InChI is InChI=1S/C17H13FN2/c1-9-14-8-19-6-5-12(14)10(2)17-16(9)13-4-3-11(18)7-15(13)20-17/h3-8,20H,1-2H3. The van der Waals surface area contributed by atoms with Gasteiger partial charge in [0.15, 0.2) is 0 Å². The summed E-state index contributed by atoms with van der Waals surface area (Å²) in [6.07, 6.45) is 3.71. The number of pyridine rings is 1. The van der Waals surface area contributed by atoms with E-state index in [1.54, 1.807) is 6.07 Å². The molecule has 0 saturated heterocycles. The van der Waals surface area contributed by atoms with Gasteiger partial charge >= 0.3 is 0 Å². The van der Waals surface area contributed by atoms with Crippen LogP contribution in [0.1, 0.15) is 11.1 Å². The predicted octanol–water partition coefficient (Wildman–Crippen LogP) is 4.63. The maximum atomic E-state index is 13.4. The molecule has 4 rings (SSSR count). The normalized spacial score (nSPS) is 11.8. The van der Waals surface area contributed by atoms with Crippen LogP contribution in [0.4, 0.5) is 4.39 Å². The van der Waals surface area contributed by atoms with Crippen LogP contribution in [0.2, 0.25) is 0 Å². The van der Waals surface area contributed by atoms with Crippen LogP contribution in [0.25, 0.3) is 32.6 Å². The molecule has 20 heavy (non-hydrogen) atoms. The lowest BCUT2D eigenvalue weighted by atomic mass is 9.97. The van der Waals surface area contributed by atoms with Crippen LogP contribution < -0.4 is 0 Å². The molecule has 0 aliphatic rings. The Morgan fingerprint density at radius 1 is 1.00 bits per heavy atom. The molecule has 0 fully saturated rings. The Labute approximate surface area is 115 Å². The third kappa shape index (κ3) is 1.35. The van der Waals surface area contributed by atoms with Crippen LogP contribution in [0.15, 0.2) is 36.7 Å². The molecule has 3 heteroatoms. The molecule has 0 radical (unpaired) electrons. The maximum absolute atomic E-state index is 13.4. The second-order valence-corrected chi connectivity index (χ2v) is 5.24. The van der Waals surface area contributed by atoms with E-state index >= 15 is 0 Å². The quantitative estimate of drug-likeness (QED) is 0.493. The molecule has 0 spiro atoms. The number of nitrogens with zero attached hydrogens (tertiary/aromatic N) is 1. The van der Waals surface area contributed by atoms with Crippen molar-refractivity contribution in [3.05, 3.63) is 53.6 Å². The summed E-state index contributed by atoms with van der Waals surface area (Å²) in [7, 11) is 0. The van der Waals surface area contributed by atoms with Gasteiger partial charge in [-0.3, -0.25) is 4.98 Å². The van der Waals surface area contributed by atoms with Gasteiger partial charge in [-0.15, -0.1) is 0 Å². The van der Waals surface area contributed by atoms with E-state index in [1.165, 1.54) is 22.6 Å². The third-order valence-electron chi connectivity index (χ3n) is 4.14. The fourth-order valence-electron chi connectivity index (χ4n) is 3.13. The Morgan fingerprint density at radius 2 is 1.85 bits per heavy atom. The maximum Gasteiger partial charge on any atom is 0.125 e. The number of rotatable bonds is 0. The molecule has 0 aliphatic heterocycles. The Morgan fingerprint density at radius 3 is 2.70 bits per heavy atom. The highest BCUT2D eigenvalue weighted by Crippen LogP contribution is 2.36. The van der Waals surface area contributed by atoms with Gasteiger partial charge in [0.2, 0.25) is 0 Å². The van der Waals surface area contributed by atoms with Gasteiger partial charge in [0.05, 0.1) is 5.52 Å². The van der Waals surface area contributed by atoms with Crippen molar-refractivity contribution in [1.82, 2.24) is 9.97 Å². The van der Waals surface area contributed by atoms with E-state index in [9.17, 15) is 4.39 Å². The van der Waals surface area contributed by atoms with Crippen molar-refractivity contribution < 1.29 is 4.39 Å². The van der Waals surface area contributed by atoms with Crippen LogP contribution in [0.5, 0.6) is 0 Å². The number of benzene rings is 2. The third-order valence-corrected chi connectivity index (χ3v) is 4.14. The zero-order chi connectivity index (χ0) is 13.9. The average Bonchev–Trinajstić information content (AvgIpc) is 2.83. The first kappa shape index (κ1) is 11.4. The van der Waals surface area contributed by atoms with Gasteiger partial charge in [-0.1, -0.05) is 0 Å². The molecular weight excluding hydrogens is 251 g/mol. The second-order valence-electron chi connectivity index (χ2n) is 5.24. The van der Waals surface area contributed by atoms with Gasteiger partial charge in [-0.25, -0.2) is 4.39 Å². The minimum absolute atomic E-state index is 0.217. The number of nitrogens with one attached hydrogen (secondary N) is 1. The van der Waals surface area contributed by atoms with Crippen LogP contribution in [0.3, 0.4) is 0 Å². The van der Waals surface area contributed by atoms with Gasteiger partial charge in [0, 0.05) is 34.1 Å². The lowest BCUT2D eigenvalue weighted by Crippen LogP contribution is -1.87. The summed E-state index contributed by atoms with van der Waals surface area (Å²) in [6, 6.07) is 6.94. The highest BCUT2D eigenvalue weighted by atomic mass is 19.1. The molecule has 2 aromatic carbocycles. The summed E-state index contributed by atoms with van der Waals surface area (Å²) in [6.45, 7) is 4.19. The summed E-state index contributed by atoms with van der Waals surface area (Å²) in [5.74, 6) is -0.217. The first-order valence-corrected chi connectivity index (χ1v) is 6.60. The van der Waals surface area contributed by atoms with E-state index in [-0.39, 0.29) is 5.82 Å². The van der Waals surface area contributed by atoms with Crippen molar-refractivity contribution in [2.45, 2.75) is 13.8 Å². The van der Waals surface area contributed by atoms with Gasteiger partial charge < -0.3 is 4.98 Å². The first-order chi connectivity index (χ1) is 9.66. The number of aryl methyl sites for hydroxylation is 2. The van der Waals surface area contributed by atoms with Gasteiger partial charge in [-0.05, 0) is 54.6 Å². The molecule has 2 nitrogen and oxygen atoms in total. The summed E-state index contributed by atoms with van der Waals surface area (Å²) in [4.78, 5) is 7.59. The van der Waals surface area contributed by atoms with Crippen molar-refractivity contribution in [3.8, 4) is 0 Å². The number of fused-ring (bicyclic) bond motifs is 4. The van der Waals surface area contributed by atoms with E-state index in [4.69, 9.17) is 0 Å². The Balaban J connectivity index is 2.35. The smallest absolute Gasteiger partial charge is 0.125 e. The zero-order valence-corrected chi connectivity index (χ0v) is 11.3. The lowest BCUT2D eigenvalue weighted by molar-refractivity contribution is 0.629. The number of H-pyrrole nitrogens is 1. The average molecular weight is 264 g/mol. The molecule has 0 bridgehead atoms. The molecule has 2 aromatic heterocycles. The zero-order valence-electron chi connectivity index (χ0n) is 11.3. The van der Waals surface area contributed by atoms with E-state index in [0.717, 1.165) is 27.2 Å². The number of hydrogen-bond donors (Lipinski definition) is 1. The summed E-state index contributed by atoms with van der Waals surface area (Å²) >= 11 is 0. The molecule has 1 N–H and O–H groups in total. The SMILES string of the molecule is Cc1c2ccncc2c(C)c2c1[nH]c1cc(F)ccc12. The van der Waals surface area contributed by atoms with Gasteiger partial charge in [0.25, 0.3) is 0 Å². The number of halogens is 1. The van der Waals surface area contributed by atoms with Crippen molar-refractivity contribution >= 4 is 32.6 Å². The molecule has 98 valence electrons. The second kappa shape index (κ2) is 3.79. The van der Waals surface area contributed by atoms with E-state index in [2.05, 4.69) is 23.8 Å². The number of hydrogen-bond acceptors (Lipinski definition) is 1. The van der Waals surface area contributed by atoms with Crippen LogP contribution in [0, 0.1) is 19.7 Å². The van der Waals surface area contributed by atoms with Crippen LogP contribution in [-0.4, -0.2) is 9.97 Å². The molecule has 0 aliphatic carbocycles. The van der Waals surface area contributed by atoms with Crippen molar-refractivity contribution in [2.75, 3.05) is 0 Å². The lowest BCUT2D eigenvalue weighted by Gasteiger charge is -2.08. The highest BCUT2D eigenvalue weighted by molar-refractivity contribution is 6.16. The molecule has 0 saturated carbocycles. The predicted molar refractivity (Wildman–Crippen MR) is 80.5 cm³/mol. The van der Waals surface area contributed by atoms with Crippen LogP contribution in [-0.2, 0) is 0 Å². The summed E-state index contributed by atoms with van der Waals surface area (Å²) in [5, 5.41) is 4.57. The van der Waals surface area contributed by atoms with E-state index in [0.29, 0.717) is 0 Å². The van der Waals surface area contributed by atoms with Crippen molar-refractivity contribution in [2.24, 2.45) is 0 Å². The molecule has 4 aromatic rings.